The number of hydrogen-bond acceptors (Lipinski definition) is 10. The second-order valence-corrected chi connectivity index (χ2v) is 23.5. The highest BCUT2D eigenvalue weighted by molar-refractivity contribution is 7.92. The third kappa shape index (κ3) is 11.4. The fraction of sp³-hybridized carbons (Fsp3) is 0.422. The van der Waals surface area contributed by atoms with E-state index in [1.54, 1.807) is 4.72 Å². The molecule has 2 aliphatic carbocycles. The molecule has 0 saturated heterocycles. The van der Waals surface area contributed by atoms with E-state index in [9.17, 15) is 71.4 Å². The first-order chi connectivity index (χ1) is 33.4. The van der Waals surface area contributed by atoms with E-state index in [4.69, 9.17) is 11.6 Å². The van der Waals surface area contributed by atoms with Crippen LogP contribution < -0.4 is 10.0 Å². The number of nitrogens with one attached hydrogen (secondary N) is 2. The zero-order chi connectivity index (χ0) is 54.3. The monoisotopic (exact) mass is 1100 g/mol. The molecule has 73 heavy (non-hydrogen) atoms. The van der Waals surface area contributed by atoms with Crippen molar-refractivity contribution >= 4 is 60.1 Å². The maximum absolute atomic E-state index is 15.6. The van der Waals surface area contributed by atoms with E-state index in [0.29, 0.717) is 10.7 Å². The van der Waals surface area contributed by atoms with Crippen LogP contribution in [-0.2, 0) is 71.6 Å². The molecular formula is C45H40ClF10N7O8S2. The van der Waals surface area contributed by atoms with E-state index >= 15 is 8.78 Å². The van der Waals surface area contributed by atoms with Gasteiger partial charge in [0.1, 0.15) is 46.6 Å². The summed E-state index contributed by atoms with van der Waals surface area (Å²) >= 11 is 6.58. The molecule has 1 fully saturated rings. The summed E-state index contributed by atoms with van der Waals surface area (Å²) in [7, 11) is -8.84. The Labute approximate surface area is 413 Å². The first kappa shape index (κ1) is 54.5. The number of fused-ring (bicyclic) bond motifs is 4. The molecule has 0 aliphatic heterocycles. The largest absolute Gasteiger partial charge is 0.481 e. The minimum atomic E-state index is -5.23. The Kier molecular flexibility index (Phi) is 13.9. The van der Waals surface area contributed by atoms with Gasteiger partial charge in [0.25, 0.3) is 5.92 Å². The maximum Gasteiger partial charge on any atom is 0.435 e. The van der Waals surface area contributed by atoms with E-state index < -0.39 is 172 Å². The highest BCUT2D eigenvalue weighted by Crippen LogP contribution is 2.68. The normalized spacial score (nSPS) is 17.1. The molecule has 3 atom stereocenters. The number of pyridine rings is 1. The van der Waals surface area contributed by atoms with Crippen LogP contribution >= 0.6 is 11.6 Å². The van der Waals surface area contributed by atoms with Crippen LogP contribution in [0.3, 0.4) is 0 Å². The third-order valence-corrected chi connectivity index (χ3v) is 15.6. The maximum atomic E-state index is 15.6. The van der Waals surface area contributed by atoms with E-state index in [1.807, 2.05) is 0 Å². The van der Waals surface area contributed by atoms with Crippen molar-refractivity contribution in [1.29, 1.82) is 0 Å². The number of alkyl halides is 8. The van der Waals surface area contributed by atoms with Crippen molar-refractivity contribution in [3.8, 4) is 23.0 Å². The smallest absolute Gasteiger partial charge is 0.435 e. The number of carbonyl (C=O) groups excluding carboxylic acids is 2. The first-order valence-electron chi connectivity index (χ1n) is 21.4. The van der Waals surface area contributed by atoms with Crippen LogP contribution in [0, 0.1) is 34.8 Å². The highest BCUT2D eigenvalue weighted by atomic mass is 35.5. The number of nitrogens with zero attached hydrogens (tertiary/aromatic N) is 5. The molecule has 28 heteroatoms. The number of carbonyl (C=O) groups is 3. The molecule has 7 rings (SSSR count). The van der Waals surface area contributed by atoms with E-state index in [0.717, 1.165) is 56.5 Å². The van der Waals surface area contributed by atoms with Gasteiger partial charge >= 0.3 is 18.3 Å². The molecule has 0 spiro atoms. The van der Waals surface area contributed by atoms with Crippen molar-refractivity contribution in [2.45, 2.75) is 101 Å². The highest BCUT2D eigenvalue weighted by Gasteiger charge is 2.68. The molecule has 0 radical (unpaired) electrons. The summed E-state index contributed by atoms with van der Waals surface area (Å²) in [4.78, 5) is 43.0. The van der Waals surface area contributed by atoms with Gasteiger partial charge in [0.2, 0.25) is 21.8 Å². The molecule has 2 aromatic carbocycles. The predicted molar refractivity (Wildman–Crippen MR) is 240 cm³/mol. The standard InChI is InChI=1S/C45H40ClF10N7O8S2/c1-41(2,17-33(65)66)40(67)61-73(70,71)19-31-35-29(46)9-8-26(37(35)63(59-31)20-43(49,50)51)25-7-6-24(10-11-42(3,4)72(5,68)69)57-36(25)30(14-21-12-22(47)15-23(48)13-21)58-32(64)18-62-39-34(38(60-62)45(54,55)56)27-16-28(27)44(39,52)53/h6-9,12-13,15,27-28,30H,14,16-20H2,1-5H3,(H,58,64)(H,61,67)(H,65,66)/t27-,28+,30-/m0/s1. The van der Waals surface area contributed by atoms with Crippen LogP contribution in [0.1, 0.15) is 92.1 Å². The number of benzene rings is 2. The molecule has 1 saturated carbocycles. The Balaban J connectivity index is 1.44. The van der Waals surface area contributed by atoms with Crippen LogP contribution in [0.5, 0.6) is 0 Å². The molecule has 3 aromatic heterocycles. The summed E-state index contributed by atoms with van der Waals surface area (Å²) in [6, 6.07) is 4.80. The molecule has 2 amide bonds. The molecule has 3 N–H and O–H groups in total. The van der Waals surface area contributed by atoms with Gasteiger partial charge in [-0.1, -0.05) is 37.4 Å². The van der Waals surface area contributed by atoms with Gasteiger partial charge in [-0.05, 0) is 74.4 Å². The average molecular weight is 1100 g/mol. The topological polar surface area (TPSA) is 212 Å². The van der Waals surface area contributed by atoms with Gasteiger partial charge in [0.05, 0.1) is 39.8 Å². The summed E-state index contributed by atoms with van der Waals surface area (Å²) in [5, 5.41) is 18.1. The van der Waals surface area contributed by atoms with E-state index in [2.05, 4.69) is 32.3 Å². The van der Waals surface area contributed by atoms with Crippen LogP contribution in [0.2, 0.25) is 5.02 Å². The molecule has 392 valence electrons. The van der Waals surface area contributed by atoms with Gasteiger partial charge in [0, 0.05) is 40.3 Å². The lowest BCUT2D eigenvalue weighted by molar-refractivity contribution is -0.143. The van der Waals surface area contributed by atoms with Gasteiger partial charge < -0.3 is 10.4 Å². The van der Waals surface area contributed by atoms with Gasteiger partial charge in [-0.3, -0.25) is 28.5 Å². The van der Waals surface area contributed by atoms with Crippen molar-refractivity contribution in [3.63, 3.8) is 0 Å². The lowest BCUT2D eigenvalue weighted by Gasteiger charge is -2.23. The number of carboxylic acid groups (broad SMARTS) is 1. The molecule has 2 aliphatic rings. The number of rotatable bonds is 15. The molecule has 5 aromatic rings. The van der Waals surface area contributed by atoms with Crippen molar-refractivity contribution < 1.29 is 80.2 Å². The zero-order valence-electron chi connectivity index (χ0n) is 38.5. The van der Waals surface area contributed by atoms with Crippen molar-refractivity contribution in [2.24, 2.45) is 11.3 Å². The number of carboxylic acids is 1. The Morgan fingerprint density at radius 2 is 1.56 bits per heavy atom. The average Bonchev–Trinajstić information content (AvgIpc) is 3.75. The minimum absolute atomic E-state index is 0.186. The summed E-state index contributed by atoms with van der Waals surface area (Å²) in [6.07, 6.45) is -11.3. The Hall–Kier alpha value is -6.27. The van der Waals surface area contributed by atoms with E-state index in [-0.39, 0.29) is 33.5 Å². The van der Waals surface area contributed by atoms with Crippen LogP contribution in [0.15, 0.2) is 42.5 Å². The second-order valence-electron chi connectivity index (χ2n) is 18.8. The molecule has 3 heterocycles. The number of aromatic nitrogens is 5. The number of amides is 2. The predicted octanol–water partition coefficient (Wildman–Crippen LogP) is 7.74. The molecular weight excluding hydrogens is 1060 g/mol. The quantitative estimate of drug-likeness (QED) is 0.0682. The van der Waals surface area contributed by atoms with Crippen molar-refractivity contribution in [1.82, 2.24) is 34.6 Å². The fourth-order valence-corrected chi connectivity index (χ4v) is 10.1. The zero-order valence-corrected chi connectivity index (χ0v) is 40.9. The Bertz CT molecular complexity index is 3400. The second kappa shape index (κ2) is 18.6. The van der Waals surface area contributed by atoms with Gasteiger partial charge in [-0.25, -0.2) is 30.6 Å². The SMILES string of the molecule is CC(C)(CC(=O)O)C(=O)NS(=O)(=O)Cc1nn(CC(F)(F)F)c2c(-c3ccc(C#CC(C)(C)S(C)(=O)=O)nc3[C@H](Cc3cc(F)cc(F)c3)NC(=O)Cn3nc(C(F)(F)F)c4c3C(F)(F)[C@@H]3C[C@H]43)ccc(Cl)c12. The number of sulfonamides is 1. The fourth-order valence-electron chi connectivity index (χ4n) is 8.41. The number of halogens is 11. The Morgan fingerprint density at radius 3 is 2.15 bits per heavy atom. The first-order valence-corrected chi connectivity index (χ1v) is 25.4. The van der Waals surface area contributed by atoms with Crippen LogP contribution in [0.25, 0.3) is 22.0 Å². The number of sulfone groups is 1. The minimum Gasteiger partial charge on any atom is -0.481 e. The van der Waals surface area contributed by atoms with Crippen molar-refractivity contribution in [3.05, 3.63) is 98.7 Å². The van der Waals surface area contributed by atoms with Crippen LogP contribution in [0.4, 0.5) is 43.9 Å². The number of aliphatic carboxylic acids is 1. The summed E-state index contributed by atoms with van der Waals surface area (Å²) in [5.74, 6) is -9.20. The summed E-state index contributed by atoms with van der Waals surface area (Å²) in [5.41, 5.74) is -8.27. The summed E-state index contributed by atoms with van der Waals surface area (Å²) in [6.45, 7) is 1.45. The van der Waals surface area contributed by atoms with Gasteiger partial charge in [-0.2, -0.15) is 45.3 Å². The lowest BCUT2D eigenvalue weighted by atomic mass is 9.89. The van der Waals surface area contributed by atoms with Gasteiger partial charge in [-0.15, -0.1) is 0 Å². The molecule has 0 bridgehead atoms. The van der Waals surface area contributed by atoms with E-state index in [1.165, 1.54) is 13.8 Å². The van der Waals surface area contributed by atoms with Crippen LogP contribution in [-0.4, -0.2) is 81.4 Å². The van der Waals surface area contributed by atoms with Gasteiger partial charge in [0.15, 0.2) is 15.5 Å². The molecule has 15 nitrogen and oxygen atoms in total. The van der Waals surface area contributed by atoms with Crippen molar-refractivity contribution in [2.75, 3.05) is 6.26 Å². The lowest BCUT2D eigenvalue weighted by Crippen LogP contribution is -2.42. The molecule has 0 unspecified atom stereocenters. The number of hydrogen-bond donors (Lipinski definition) is 3. The third-order valence-electron chi connectivity index (χ3n) is 12.2. The summed E-state index contributed by atoms with van der Waals surface area (Å²) < 4.78 is 199. The Morgan fingerprint density at radius 1 is 0.932 bits per heavy atom.